The molecule has 0 heterocycles. The lowest BCUT2D eigenvalue weighted by Gasteiger charge is -2.08. The fourth-order valence-corrected chi connectivity index (χ4v) is 1.22. The first-order chi connectivity index (χ1) is 8.65. The second-order valence-corrected chi connectivity index (χ2v) is 3.48. The van der Waals surface area contributed by atoms with Gasteiger partial charge in [-0.05, 0) is 12.1 Å². The van der Waals surface area contributed by atoms with E-state index in [-0.39, 0.29) is 18.9 Å². The van der Waals surface area contributed by atoms with Gasteiger partial charge in [-0.3, -0.25) is 4.79 Å². The van der Waals surface area contributed by atoms with Crippen molar-refractivity contribution in [2.45, 2.75) is 6.42 Å². The predicted octanol–water partition coefficient (Wildman–Crippen LogP) is 0.526. The summed E-state index contributed by atoms with van der Waals surface area (Å²) < 4.78 is 9.64. The Labute approximate surface area is 105 Å². The van der Waals surface area contributed by atoms with Crippen LogP contribution in [-0.2, 0) is 14.3 Å². The lowest BCUT2D eigenvalue weighted by atomic mass is 10.3. The van der Waals surface area contributed by atoms with Crippen molar-refractivity contribution in [3.63, 3.8) is 0 Å². The van der Waals surface area contributed by atoms with Gasteiger partial charge in [0.1, 0.15) is 5.75 Å². The summed E-state index contributed by atoms with van der Waals surface area (Å²) in [5.74, 6) is -0.152. The lowest BCUT2D eigenvalue weighted by molar-refractivity contribution is -0.142. The topological polar surface area (TPSA) is 90.6 Å². The number of amides is 1. The highest BCUT2D eigenvalue weighted by Gasteiger charge is 2.04. The molecule has 3 N–H and O–H groups in total. The molecule has 1 rings (SSSR count). The third-order valence-corrected chi connectivity index (χ3v) is 2.07. The maximum absolute atomic E-state index is 11.3. The van der Waals surface area contributed by atoms with Crippen molar-refractivity contribution in [3.8, 4) is 5.75 Å². The van der Waals surface area contributed by atoms with Crippen molar-refractivity contribution in [2.75, 3.05) is 25.6 Å². The zero-order chi connectivity index (χ0) is 13.4. The van der Waals surface area contributed by atoms with Gasteiger partial charge in [-0.25, -0.2) is 4.79 Å². The molecule has 0 radical (unpaired) electrons. The van der Waals surface area contributed by atoms with E-state index in [2.05, 4.69) is 10.1 Å². The molecule has 0 fully saturated rings. The second-order valence-electron chi connectivity index (χ2n) is 3.48. The number of hydrogen-bond donors (Lipinski definition) is 2. The first-order valence-corrected chi connectivity index (χ1v) is 5.45. The largest absolute Gasteiger partial charge is 0.482 e. The minimum Gasteiger partial charge on any atom is -0.482 e. The molecule has 0 unspecified atom stereocenters. The first kappa shape index (κ1) is 14.0. The summed E-state index contributed by atoms with van der Waals surface area (Å²) in [7, 11) is 1.29. The molecule has 18 heavy (non-hydrogen) atoms. The van der Waals surface area contributed by atoms with E-state index < -0.39 is 5.97 Å². The smallest absolute Gasteiger partial charge is 0.343 e. The molecule has 0 aliphatic rings. The number of hydrogen-bond acceptors (Lipinski definition) is 5. The summed E-state index contributed by atoms with van der Waals surface area (Å²) in [5.41, 5.74) is 5.87. The number of rotatable bonds is 6. The molecule has 0 atom stereocenters. The number of methoxy groups -OCH3 is 1. The zero-order valence-electron chi connectivity index (χ0n) is 10.1. The Morgan fingerprint density at radius 3 is 2.83 bits per heavy atom. The molecule has 6 heteroatoms. The average molecular weight is 252 g/mol. The van der Waals surface area contributed by atoms with E-state index >= 15 is 0 Å². The fraction of sp³-hybridized carbons (Fsp3) is 0.333. The highest BCUT2D eigenvalue weighted by Crippen LogP contribution is 2.17. The summed E-state index contributed by atoms with van der Waals surface area (Å²) in [6.07, 6.45) is 0.257. The van der Waals surface area contributed by atoms with Crippen LogP contribution in [0.25, 0.3) is 0 Å². The number of esters is 1. The number of nitrogens with one attached hydrogen (secondary N) is 1. The minimum atomic E-state index is -0.465. The summed E-state index contributed by atoms with van der Waals surface area (Å²) in [6.45, 7) is 0.126. The Morgan fingerprint density at radius 1 is 1.39 bits per heavy atom. The normalized spacial score (nSPS) is 9.67. The van der Waals surface area contributed by atoms with Gasteiger partial charge in [-0.1, -0.05) is 6.07 Å². The van der Waals surface area contributed by atoms with Crippen LogP contribution >= 0.6 is 0 Å². The van der Waals surface area contributed by atoms with E-state index in [9.17, 15) is 9.59 Å². The highest BCUT2D eigenvalue weighted by atomic mass is 16.6. The van der Waals surface area contributed by atoms with Crippen LogP contribution in [0.5, 0.6) is 5.75 Å². The average Bonchev–Trinajstić information content (AvgIpc) is 2.36. The molecule has 1 aromatic carbocycles. The van der Waals surface area contributed by atoms with Crippen LogP contribution in [0.3, 0.4) is 0 Å². The number of anilines is 1. The molecule has 0 bridgehead atoms. The van der Waals surface area contributed by atoms with E-state index in [4.69, 9.17) is 10.5 Å². The van der Waals surface area contributed by atoms with Crippen molar-refractivity contribution in [1.29, 1.82) is 0 Å². The van der Waals surface area contributed by atoms with Gasteiger partial charge in [0.2, 0.25) is 5.91 Å². The molecular formula is C12H16N2O4. The highest BCUT2D eigenvalue weighted by molar-refractivity contribution is 5.91. The van der Waals surface area contributed by atoms with Gasteiger partial charge in [-0.15, -0.1) is 0 Å². The number of benzene rings is 1. The Balaban J connectivity index is 2.56. The molecule has 0 aliphatic carbocycles. The quantitative estimate of drug-likeness (QED) is 0.720. The number of nitrogens with two attached hydrogens (primary N) is 1. The standard InChI is InChI=1S/C12H16N2O4/c1-17-12(16)8-18-10-4-2-3-9(7-10)14-11(15)5-6-13/h2-4,7H,5-6,8,13H2,1H3,(H,14,15). The number of ether oxygens (including phenoxy) is 2. The molecule has 0 saturated carbocycles. The van der Waals surface area contributed by atoms with Gasteiger partial charge in [0.25, 0.3) is 0 Å². The van der Waals surface area contributed by atoms with Crippen molar-refractivity contribution in [2.24, 2.45) is 5.73 Å². The van der Waals surface area contributed by atoms with Crippen LogP contribution < -0.4 is 15.8 Å². The molecule has 6 nitrogen and oxygen atoms in total. The van der Waals surface area contributed by atoms with Crippen molar-refractivity contribution in [3.05, 3.63) is 24.3 Å². The molecule has 1 amide bonds. The van der Waals surface area contributed by atoms with E-state index in [1.807, 2.05) is 0 Å². The zero-order valence-corrected chi connectivity index (χ0v) is 10.1. The van der Waals surface area contributed by atoms with Crippen LogP contribution in [0.2, 0.25) is 0 Å². The van der Waals surface area contributed by atoms with Gasteiger partial charge in [-0.2, -0.15) is 0 Å². The van der Waals surface area contributed by atoms with Crippen molar-refractivity contribution < 1.29 is 19.1 Å². The van der Waals surface area contributed by atoms with Crippen LogP contribution in [0, 0.1) is 0 Å². The summed E-state index contributed by atoms with van der Waals surface area (Å²) in [5, 5.41) is 2.67. The van der Waals surface area contributed by atoms with Gasteiger partial charge >= 0.3 is 5.97 Å². The van der Waals surface area contributed by atoms with Crippen LogP contribution in [0.15, 0.2) is 24.3 Å². The Kier molecular flexibility index (Phi) is 5.66. The van der Waals surface area contributed by atoms with Crippen LogP contribution in [0.4, 0.5) is 5.69 Å². The summed E-state index contributed by atoms with van der Waals surface area (Å²) in [6, 6.07) is 6.74. The van der Waals surface area contributed by atoms with Crippen molar-refractivity contribution in [1.82, 2.24) is 0 Å². The Hall–Kier alpha value is -2.08. The molecule has 0 saturated heterocycles. The summed E-state index contributed by atoms with van der Waals surface area (Å²) in [4.78, 5) is 22.2. The lowest BCUT2D eigenvalue weighted by Crippen LogP contribution is -2.16. The van der Waals surface area contributed by atoms with Crippen molar-refractivity contribution >= 4 is 17.6 Å². The molecule has 0 aromatic heterocycles. The van der Waals surface area contributed by atoms with Crippen LogP contribution in [0.1, 0.15) is 6.42 Å². The maximum atomic E-state index is 11.3. The van der Waals surface area contributed by atoms with Gasteiger partial charge < -0.3 is 20.5 Å². The SMILES string of the molecule is COC(=O)COc1cccc(NC(=O)CCN)c1. The predicted molar refractivity (Wildman–Crippen MR) is 66.3 cm³/mol. The Bertz CT molecular complexity index is 420. The van der Waals surface area contributed by atoms with Gasteiger partial charge in [0.05, 0.1) is 7.11 Å². The van der Waals surface area contributed by atoms with E-state index in [0.29, 0.717) is 18.0 Å². The molecule has 98 valence electrons. The van der Waals surface area contributed by atoms with E-state index in [1.54, 1.807) is 24.3 Å². The molecular weight excluding hydrogens is 236 g/mol. The summed E-state index contributed by atoms with van der Waals surface area (Å²) >= 11 is 0. The molecule has 0 aliphatic heterocycles. The number of carbonyl (C=O) groups is 2. The molecule has 1 aromatic rings. The third-order valence-electron chi connectivity index (χ3n) is 2.07. The molecule has 0 spiro atoms. The van der Waals surface area contributed by atoms with Gasteiger partial charge in [0, 0.05) is 24.7 Å². The van der Waals surface area contributed by atoms with E-state index in [1.165, 1.54) is 7.11 Å². The second kappa shape index (κ2) is 7.29. The minimum absolute atomic E-state index is 0.164. The maximum Gasteiger partial charge on any atom is 0.343 e. The monoisotopic (exact) mass is 252 g/mol. The third kappa shape index (κ3) is 4.84. The fourth-order valence-electron chi connectivity index (χ4n) is 1.22. The van der Waals surface area contributed by atoms with E-state index in [0.717, 1.165) is 0 Å². The van der Waals surface area contributed by atoms with Gasteiger partial charge in [0.15, 0.2) is 6.61 Å². The first-order valence-electron chi connectivity index (χ1n) is 5.45. The Morgan fingerprint density at radius 2 is 2.17 bits per heavy atom. The number of carbonyl (C=O) groups excluding carboxylic acids is 2. The van der Waals surface area contributed by atoms with Crippen LogP contribution in [-0.4, -0.2) is 32.1 Å².